The molecule has 0 spiro atoms. The SMILES string of the molecule is CC(C)c1cc2c(cc1C(=O)/C=C/C(=O)O)C1(C)CCCC(C)(C(=O)O)C1CC2. The zero-order chi connectivity index (χ0) is 21.6. The number of carbonyl (C=O) groups is 3. The van der Waals surface area contributed by atoms with E-state index in [1.807, 2.05) is 26.8 Å². The van der Waals surface area contributed by atoms with Gasteiger partial charge < -0.3 is 10.2 Å². The Labute approximate surface area is 171 Å². The number of aliphatic carboxylic acids is 2. The van der Waals surface area contributed by atoms with Crippen molar-refractivity contribution >= 4 is 17.7 Å². The molecular weight excluding hydrogens is 368 g/mol. The Morgan fingerprint density at radius 2 is 1.79 bits per heavy atom. The van der Waals surface area contributed by atoms with E-state index in [2.05, 4.69) is 13.0 Å². The molecule has 0 aliphatic heterocycles. The molecule has 1 aromatic carbocycles. The number of rotatable bonds is 5. The normalized spacial score (nSPS) is 28.8. The van der Waals surface area contributed by atoms with E-state index < -0.39 is 17.4 Å². The summed E-state index contributed by atoms with van der Waals surface area (Å²) in [6.45, 7) is 8.06. The molecule has 0 bridgehead atoms. The number of hydrogen-bond donors (Lipinski definition) is 2. The van der Waals surface area contributed by atoms with E-state index in [0.717, 1.165) is 49.0 Å². The first-order valence-corrected chi connectivity index (χ1v) is 10.4. The summed E-state index contributed by atoms with van der Waals surface area (Å²) in [5.41, 5.74) is 2.64. The summed E-state index contributed by atoms with van der Waals surface area (Å²) < 4.78 is 0. The van der Waals surface area contributed by atoms with Crippen LogP contribution in [0.3, 0.4) is 0 Å². The van der Waals surface area contributed by atoms with Crippen LogP contribution in [0, 0.1) is 11.3 Å². The molecule has 1 aromatic rings. The van der Waals surface area contributed by atoms with Crippen LogP contribution in [-0.4, -0.2) is 27.9 Å². The van der Waals surface area contributed by atoms with Gasteiger partial charge in [0.25, 0.3) is 0 Å². The summed E-state index contributed by atoms with van der Waals surface area (Å²) in [7, 11) is 0. The van der Waals surface area contributed by atoms with Gasteiger partial charge in [0.1, 0.15) is 0 Å². The van der Waals surface area contributed by atoms with Crippen LogP contribution >= 0.6 is 0 Å². The maximum absolute atomic E-state index is 12.8. The van der Waals surface area contributed by atoms with Crippen LogP contribution in [-0.2, 0) is 21.4 Å². The molecule has 2 aliphatic carbocycles. The van der Waals surface area contributed by atoms with Crippen molar-refractivity contribution in [3.8, 4) is 0 Å². The van der Waals surface area contributed by atoms with Gasteiger partial charge in [-0.25, -0.2) is 4.79 Å². The number of hydrogen-bond acceptors (Lipinski definition) is 3. The van der Waals surface area contributed by atoms with Crippen LogP contribution in [0.25, 0.3) is 0 Å². The van der Waals surface area contributed by atoms with E-state index >= 15 is 0 Å². The van der Waals surface area contributed by atoms with Crippen LogP contribution in [0.15, 0.2) is 24.3 Å². The zero-order valence-corrected chi connectivity index (χ0v) is 17.6. The minimum absolute atomic E-state index is 0.0103. The second kappa shape index (κ2) is 7.43. The number of fused-ring (bicyclic) bond motifs is 3. The van der Waals surface area contributed by atoms with Crippen molar-refractivity contribution in [1.29, 1.82) is 0 Å². The maximum Gasteiger partial charge on any atom is 0.328 e. The van der Waals surface area contributed by atoms with Crippen LogP contribution in [0.5, 0.6) is 0 Å². The molecule has 3 atom stereocenters. The van der Waals surface area contributed by atoms with Crippen molar-refractivity contribution in [2.75, 3.05) is 0 Å². The quantitative estimate of drug-likeness (QED) is 0.553. The van der Waals surface area contributed by atoms with Gasteiger partial charge in [-0.15, -0.1) is 0 Å². The standard InChI is InChI=1S/C24H30O5/c1-14(2)16-12-15-6-8-20-23(3,10-5-11-24(20,4)22(28)29)18(15)13-17(16)19(25)7-9-21(26)27/h7,9,12-14,20H,5-6,8,10-11H2,1-4H3,(H,26,27)(H,28,29)/b9-7+. The van der Waals surface area contributed by atoms with Crippen molar-refractivity contribution in [3.63, 3.8) is 0 Å². The van der Waals surface area contributed by atoms with Crippen molar-refractivity contribution < 1.29 is 24.6 Å². The summed E-state index contributed by atoms with van der Waals surface area (Å²) in [6, 6.07) is 4.02. The Bertz CT molecular complexity index is 897. The summed E-state index contributed by atoms with van der Waals surface area (Å²) in [6.07, 6.45) is 6.03. The first kappa shape index (κ1) is 21.3. The fourth-order valence-corrected chi connectivity index (χ4v) is 5.72. The van der Waals surface area contributed by atoms with Crippen LogP contribution in [0.4, 0.5) is 0 Å². The van der Waals surface area contributed by atoms with E-state index in [9.17, 15) is 19.5 Å². The summed E-state index contributed by atoms with van der Waals surface area (Å²) in [5, 5.41) is 18.9. The summed E-state index contributed by atoms with van der Waals surface area (Å²) in [4.78, 5) is 35.8. The van der Waals surface area contributed by atoms with Gasteiger partial charge in [0, 0.05) is 11.6 Å². The number of carboxylic acids is 2. The Balaban J connectivity index is 2.16. The summed E-state index contributed by atoms with van der Waals surface area (Å²) in [5.74, 6) is -2.08. The summed E-state index contributed by atoms with van der Waals surface area (Å²) >= 11 is 0. The molecule has 3 rings (SSSR count). The number of ketones is 1. The lowest BCUT2D eigenvalue weighted by Crippen LogP contribution is -2.52. The third kappa shape index (κ3) is 3.52. The highest BCUT2D eigenvalue weighted by molar-refractivity contribution is 6.08. The Kier molecular flexibility index (Phi) is 5.46. The van der Waals surface area contributed by atoms with Crippen molar-refractivity contribution in [3.05, 3.63) is 46.5 Å². The zero-order valence-electron chi connectivity index (χ0n) is 17.6. The molecule has 29 heavy (non-hydrogen) atoms. The number of allylic oxidation sites excluding steroid dienone is 1. The molecule has 0 amide bonds. The fraction of sp³-hybridized carbons (Fsp3) is 0.542. The minimum atomic E-state index is -1.15. The molecule has 5 heteroatoms. The molecule has 5 nitrogen and oxygen atoms in total. The van der Waals surface area contributed by atoms with E-state index in [4.69, 9.17) is 5.11 Å². The molecule has 1 saturated carbocycles. The number of benzene rings is 1. The van der Waals surface area contributed by atoms with Crippen LogP contribution < -0.4 is 0 Å². The molecule has 2 aliphatic rings. The predicted octanol–water partition coefficient (Wildman–Crippen LogP) is 4.73. The Hall–Kier alpha value is -2.43. The molecule has 0 radical (unpaired) electrons. The monoisotopic (exact) mass is 398 g/mol. The van der Waals surface area contributed by atoms with Crippen LogP contribution in [0.1, 0.15) is 86.3 Å². The van der Waals surface area contributed by atoms with Gasteiger partial charge in [-0.05, 0) is 78.7 Å². The third-order valence-electron chi connectivity index (χ3n) is 7.28. The topological polar surface area (TPSA) is 91.7 Å². The molecule has 156 valence electrons. The third-order valence-corrected chi connectivity index (χ3v) is 7.28. The Morgan fingerprint density at radius 1 is 1.10 bits per heavy atom. The molecule has 3 unspecified atom stereocenters. The average Bonchev–Trinajstić information content (AvgIpc) is 2.64. The van der Waals surface area contributed by atoms with Crippen molar-refractivity contribution in [2.24, 2.45) is 11.3 Å². The highest BCUT2D eigenvalue weighted by Gasteiger charge is 2.55. The lowest BCUT2D eigenvalue weighted by atomic mass is 9.49. The smallest absolute Gasteiger partial charge is 0.328 e. The van der Waals surface area contributed by atoms with E-state index in [-0.39, 0.29) is 23.0 Å². The highest BCUT2D eigenvalue weighted by Crippen LogP contribution is 2.57. The van der Waals surface area contributed by atoms with Gasteiger partial charge >= 0.3 is 11.9 Å². The van der Waals surface area contributed by atoms with E-state index in [1.54, 1.807) is 0 Å². The van der Waals surface area contributed by atoms with Gasteiger partial charge in [0.05, 0.1) is 5.41 Å². The average molecular weight is 398 g/mol. The van der Waals surface area contributed by atoms with E-state index in [1.165, 1.54) is 5.56 Å². The number of carbonyl (C=O) groups excluding carboxylic acids is 1. The second-order valence-electron chi connectivity index (χ2n) is 9.37. The molecule has 2 N–H and O–H groups in total. The lowest BCUT2D eigenvalue weighted by molar-refractivity contribution is -0.157. The van der Waals surface area contributed by atoms with Crippen LogP contribution in [0.2, 0.25) is 0 Å². The lowest BCUT2D eigenvalue weighted by Gasteiger charge is -2.53. The fourth-order valence-electron chi connectivity index (χ4n) is 5.72. The van der Waals surface area contributed by atoms with Gasteiger partial charge in [0.2, 0.25) is 0 Å². The van der Waals surface area contributed by atoms with Gasteiger partial charge in [-0.2, -0.15) is 0 Å². The molecular formula is C24H30O5. The molecule has 0 saturated heterocycles. The number of aryl methyl sites for hydroxylation is 1. The second-order valence-corrected chi connectivity index (χ2v) is 9.37. The highest BCUT2D eigenvalue weighted by atomic mass is 16.4. The molecule has 0 aromatic heterocycles. The first-order valence-electron chi connectivity index (χ1n) is 10.4. The maximum atomic E-state index is 12.8. The molecule has 0 heterocycles. The van der Waals surface area contributed by atoms with Gasteiger partial charge in [-0.1, -0.05) is 33.3 Å². The Morgan fingerprint density at radius 3 is 2.38 bits per heavy atom. The molecule has 1 fully saturated rings. The van der Waals surface area contributed by atoms with Gasteiger partial charge in [0.15, 0.2) is 5.78 Å². The van der Waals surface area contributed by atoms with Crippen molar-refractivity contribution in [1.82, 2.24) is 0 Å². The van der Waals surface area contributed by atoms with Gasteiger partial charge in [-0.3, -0.25) is 9.59 Å². The predicted molar refractivity (Wildman–Crippen MR) is 110 cm³/mol. The van der Waals surface area contributed by atoms with Crippen molar-refractivity contribution in [2.45, 2.75) is 71.1 Å². The van der Waals surface area contributed by atoms with E-state index in [0.29, 0.717) is 12.0 Å². The number of carboxylic acid groups (broad SMARTS) is 2. The first-order chi connectivity index (χ1) is 13.5. The minimum Gasteiger partial charge on any atom is -0.481 e. The largest absolute Gasteiger partial charge is 0.481 e.